The molecule has 24 heavy (non-hydrogen) atoms. The summed E-state index contributed by atoms with van der Waals surface area (Å²) in [4.78, 5) is 4.46. The number of hydrogen-bond donors (Lipinski definition) is 0. The van der Waals surface area contributed by atoms with E-state index in [1.54, 1.807) is 0 Å². The Morgan fingerprint density at radius 2 is 1.96 bits per heavy atom. The third-order valence-electron chi connectivity index (χ3n) is 4.81. The first-order valence-corrected chi connectivity index (χ1v) is 8.56. The maximum absolute atomic E-state index is 4.46. The van der Waals surface area contributed by atoms with Crippen LogP contribution >= 0.6 is 0 Å². The van der Waals surface area contributed by atoms with E-state index in [9.17, 15) is 0 Å². The number of aryl methyl sites for hydroxylation is 4. The smallest absolute Gasteiger partial charge is 0.244 e. The van der Waals surface area contributed by atoms with Crippen molar-refractivity contribution >= 4 is 21.9 Å². The molecule has 4 rings (SSSR count). The molecule has 120 valence electrons. The molecule has 0 saturated heterocycles. The summed E-state index contributed by atoms with van der Waals surface area (Å²) in [6, 6.07) is 17.3. The molecule has 0 aliphatic heterocycles. The van der Waals surface area contributed by atoms with Gasteiger partial charge in [0.2, 0.25) is 6.33 Å². The van der Waals surface area contributed by atoms with Gasteiger partial charge in [0.05, 0.1) is 19.1 Å². The molecule has 4 aromatic rings. The second kappa shape index (κ2) is 6.08. The summed E-state index contributed by atoms with van der Waals surface area (Å²) >= 11 is 0. The first-order valence-electron chi connectivity index (χ1n) is 8.56. The van der Waals surface area contributed by atoms with Crippen LogP contribution in [0.25, 0.3) is 21.9 Å². The molecule has 3 nitrogen and oxygen atoms in total. The number of benzene rings is 2. The van der Waals surface area contributed by atoms with Gasteiger partial charge in [0.15, 0.2) is 11.0 Å². The Morgan fingerprint density at radius 3 is 2.83 bits per heavy atom. The van der Waals surface area contributed by atoms with Gasteiger partial charge >= 0.3 is 0 Å². The van der Waals surface area contributed by atoms with Crippen LogP contribution in [0.5, 0.6) is 0 Å². The van der Waals surface area contributed by atoms with Gasteiger partial charge in [-0.25, -0.2) is 9.13 Å². The molecular weight excluding hydrogens is 294 g/mol. The van der Waals surface area contributed by atoms with Crippen LogP contribution in [0.3, 0.4) is 0 Å². The second-order valence-corrected chi connectivity index (χ2v) is 6.33. The van der Waals surface area contributed by atoms with Crippen molar-refractivity contribution in [3.8, 4) is 0 Å². The Morgan fingerprint density at radius 1 is 1.08 bits per heavy atom. The van der Waals surface area contributed by atoms with Gasteiger partial charge in [-0.1, -0.05) is 31.2 Å². The van der Waals surface area contributed by atoms with Gasteiger partial charge in [-0.15, -0.1) is 0 Å². The number of nitrogens with zero attached hydrogens (tertiary/aromatic N) is 3. The molecule has 2 aromatic carbocycles. The zero-order chi connectivity index (χ0) is 16.5. The van der Waals surface area contributed by atoms with Crippen LogP contribution in [0.4, 0.5) is 0 Å². The van der Waals surface area contributed by atoms with E-state index in [2.05, 4.69) is 76.9 Å². The third kappa shape index (κ3) is 2.56. The standard InChI is InChI=1S/C21H22N3/c1-3-16-8-9-20-21(14-16)23(2)15-24(20)13-11-17-10-12-22-19-7-5-4-6-18(17)19/h4-10,12,14-15H,3,11,13H2,1-2H3/q+1. The average Bonchev–Trinajstić information content (AvgIpc) is 2.95. The number of fused-ring (bicyclic) bond motifs is 2. The minimum absolute atomic E-state index is 0.969. The van der Waals surface area contributed by atoms with Crippen molar-refractivity contribution in [2.45, 2.75) is 26.3 Å². The minimum Gasteiger partial charge on any atom is -0.256 e. The van der Waals surface area contributed by atoms with Crippen molar-refractivity contribution in [2.24, 2.45) is 7.05 Å². The summed E-state index contributed by atoms with van der Waals surface area (Å²) in [5, 5.41) is 1.26. The highest BCUT2D eigenvalue weighted by Gasteiger charge is 2.14. The molecule has 0 bridgehead atoms. The molecule has 0 aliphatic rings. The van der Waals surface area contributed by atoms with Gasteiger partial charge < -0.3 is 0 Å². The molecule has 0 fully saturated rings. The molecule has 0 unspecified atom stereocenters. The van der Waals surface area contributed by atoms with Gasteiger partial charge in [-0.05, 0) is 41.8 Å². The SMILES string of the molecule is CCc1ccc2c(c1)n(C)c[n+]2CCc1ccnc2ccccc12. The highest BCUT2D eigenvalue weighted by molar-refractivity contribution is 5.81. The lowest BCUT2D eigenvalue weighted by molar-refractivity contribution is -0.671. The highest BCUT2D eigenvalue weighted by Crippen LogP contribution is 2.18. The van der Waals surface area contributed by atoms with Crippen LogP contribution in [0.15, 0.2) is 61.1 Å². The van der Waals surface area contributed by atoms with E-state index in [1.165, 1.54) is 27.5 Å². The van der Waals surface area contributed by atoms with E-state index < -0.39 is 0 Å². The van der Waals surface area contributed by atoms with Crippen molar-refractivity contribution in [3.05, 3.63) is 72.2 Å². The summed E-state index contributed by atoms with van der Waals surface area (Å²) in [7, 11) is 2.13. The highest BCUT2D eigenvalue weighted by atomic mass is 15.1. The van der Waals surface area contributed by atoms with Crippen LogP contribution < -0.4 is 4.57 Å². The van der Waals surface area contributed by atoms with E-state index >= 15 is 0 Å². The fourth-order valence-electron chi connectivity index (χ4n) is 3.44. The summed E-state index contributed by atoms with van der Waals surface area (Å²) in [5.41, 5.74) is 6.42. The number of aromatic nitrogens is 3. The molecule has 0 spiro atoms. The number of rotatable bonds is 4. The van der Waals surface area contributed by atoms with Gasteiger partial charge in [0.1, 0.15) is 0 Å². The molecule has 0 amide bonds. The third-order valence-corrected chi connectivity index (χ3v) is 4.81. The molecule has 3 heteroatoms. The maximum atomic E-state index is 4.46. The van der Waals surface area contributed by atoms with E-state index in [0.29, 0.717) is 0 Å². The Bertz CT molecular complexity index is 1010. The van der Waals surface area contributed by atoms with Crippen molar-refractivity contribution in [3.63, 3.8) is 0 Å². The zero-order valence-corrected chi connectivity index (χ0v) is 14.2. The van der Waals surface area contributed by atoms with Crippen molar-refractivity contribution in [1.29, 1.82) is 0 Å². The molecule has 0 radical (unpaired) electrons. The van der Waals surface area contributed by atoms with Crippen LogP contribution in [-0.2, 0) is 26.4 Å². The molecule has 0 N–H and O–H groups in total. The molecular formula is C21H22N3+. The Kier molecular flexibility index (Phi) is 3.77. The van der Waals surface area contributed by atoms with E-state index in [0.717, 1.165) is 24.9 Å². The van der Waals surface area contributed by atoms with E-state index in [-0.39, 0.29) is 0 Å². The van der Waals surface area contributed by atoms with Crippen LogP contribution in [0, 0.1) is 0 Å². The Hall–Kier alpha value is -2.68. The van der Waals surface area contributed by atoms with Gasteiger partial charge in [-0.2, -0.15) is 0 Å². The van der Waals surface area contributed by atoms with E-state index in [1.807, 2.05) is 12.3 Å². The first kappa shape index (κ1) is 14.9. The van der Waals surface area contributed by atoms with E-state index in [4.69, 9.17) is 0 Å². The topological polar surface area (TPSA) is 21.7 Å². The number of hydrogen-bond acceptors (Lipinski definition) is 1. The lowest BCUT2D eigenvalue weighted by Gasteiger charge is -2.05. The lowest BCUT2D eigenvalue weighted by Crippen LogP contribution is -2.33. The van der Waals surface area contributed by atoms with Gasteiger partial charge in [0, 0.05) is 18.0 Å². The van der Waals surface area contributed by atoms with Crippen LogP contribution in [0.2, 0.25) is 0 Å². The van der Waals surface area contributed by atoms with Crippen LogP contribution in [-0.4, -0.2) is 9.55 Å². The summed E-state index contributed by atoms with van der Waals surface area (Å²) < 4.78 is 4.57. The molecule has 0 atom stereocenters. The number of pyridine rings is 1. The van der Waals surface area contributed by atoms with Crippen molar-refractivity contribution in [2.75, 3.05) is 0 Å². The maximum Gasteiger partial charge on any atom is 0.244 e. The molecule has 2 aromatic heterocycles. The average molecular weight is 316 g/mol. The van der Waals surface area contributed by atoms with Gasteiger partial charge in [-0.3, -0.25) is 4.98 Å². The Balaban J connectivity index is 1.67. The lowest BCUT2D eigenvalue weighted by atomic mass is 10.1. The molecule has 2 heterocycles. The fraction of sp³-hybridized carbons (Fsp3) is 0.238. The monoisotopic (exact) mass is 316 g/mol. The van der Waals surface area contributed by atoms with Crippen molar-refractivity contribution < 1.29 is 4.57 Å². The zero-order valence-electron chi connectivity index (χ0n) is 14.2. The summed E-state index contributed by atoms with van der Waals surface area (Å²) in [6.45, 7) is 3.17. The Labute approximate surface area is 142 Å². The predicted octanol–water partition coefficient (Wildman–Crippen LogP) is 3.82. The summed E-state index contributed by atoms with van der Waals surface area (Å²) in [6.07, 6.45) is 6.19. The summed E-state index contributed by atoms with van der Waals surface area (Å²) in [5.74, 6) is 0. The number of imidazole rings is 1. The predicted molar refractivity (Wildman–Crippen MR) is 97.9 cm³/mol. The molecule has 0 aliphatic carbocycles. The second-order valence-electron chi connectivity index (χ2n) is 6.33. The van der Waals surface area contributed by atoms with Crippen molar-refractivity contribution in [1.82, 2.24) is 9.55 Å². The molecule has 0 saturated carbocycles. The quantitative estimate of drug-likeness (QED) is 0.525. The first-order chi connectivity index (χ1) is 11.8. The fourth-order valence-corrected chi connectivity index (χ4v) is 3.44. The number of para-hydroxylation sites is 1. The van der Waals surface area contributed by atoms with Crippen LogP contribution in [0.1, 0.15) is 18.1 Å². The largest absolute Gasteiger partial charge is 0.256 e. The minimum atomic E-state index is 0.969. The van der Waals surface area contributed by atoms with Gasteiger partial charge in [0.25, 0.3) is 0 Å². The normalized spacial score (nSPS) is 11.4.